The summed E-state index contributed by atoms with van der Waals surface area (Å²) >= 11 is 0. The Morgan fingerprint density at radius 1 is 0.979 bits per heavy atom. The van der Waals surface area contributed by atoms with Crippen LogP contribution in [0.3, 0.4) is 0 Å². The first-order valence-corrected chi connectivity index (χ1v) is 13.9. The highest BCUT2D eigenvalue weighted by atomic mass is 19.4. The summed E-state index contributed by atoms with van der Waals surface area (Å²) in [7, 11) is 1.62. The second-order valence-corrected chi connectivity index (χ2v) is 10.2. The number of carboxylic acid groups (broad SMARTS) is 2. The highest BCUT2D eigenvalue weighted by molar-refractivity contribution is 5.94. The van der Waals surface area contributed by atoms with Crippen molar-refractivity contribution in [2.45, 2.75) is 50.0 Å². The summed E-state index contributed by atoms with van der Waals surface area (Å²) < 4.78 is 77.1. The summed E-state index contributed by atoms with van der Waals surface area (Å²) in [4.78, 5) is 54.1. The monoisotopic (exact) mass is 689 g/mol. The van der Waals surface area contributed by atoms with E-state index < -0.39 is 36.0 Å². The lowest BCUT2D eigenvalue weighted by atomic mass is 9.88. The number of aliphatic carboxylic acids is 2. The second kappa shape index (κ2) is 15.6. The number of likely N-dealkylation sites (tertiary alicyclic amines) is 1. The van der Waals surface area contributed by atoms with E-state index in [4.69, 9.17) is 29.3 Å². The molecule has 0 radical (unpaired) electrons. The summed E-state index contributed by atoms with van der Waals surface area (Å²) in [5.41, 5.74) is 0.848. The minimum atomic E-state index is -5.08. The van der Waals surface area contributed by atoms with Crippen LogP contribution in [0.4, 0.5) is 26.3 Å². The minimum absolute atomic E-state index is 0.0455. The van der Waals surface area contributed by atoms with Gasteiger partial charge >= 0.3 is 24.3 Å². The number of fused-ring (bicyclic) bond motifs is 2. The van der Waals surface area contributed by atoms with Gasteiger partial charge in [-0.15, -0.1) is 0 Å². The van der Waals surface area contributed by atoms with Crippen LogP contribution >= 0.6 is 0 Å². The molecule has 3 aromatic rings. The van der Waals surface area contributed by atoms with Crippen LogP contribution in [0.25, 0.3) is 0 Å². The molecule has 0 bridgehead atoms. The zero-order valence-corrected chi connectivity index (χ0v) is 25.0. The third-order valence-corrected chi connectivity index (χ3v) is 7.02. The molecule has 2 aromatic heterocycles. The third kappa shape index (κ3) is 9.90. The molecule has 2 aliphatic rings. The van der Waals surface area contributed by atoms with Crippen LogP contribution < -0.4 is 10.1 Å². The summed E-state index contributed by atoms with van der Waals surface area (Å²) in [6.45, 7) is 1.84. The first kappa shape index (κ1) is 37.3. The number of nitrogens with zero attached hydrogens (tertiary/aromatic N) is 4. The third-order valence-electron chi connectivity index (χ3n) is 7.02. The quantitative estimate of drug-likeness (QED) is 0.337. The minimum Gasteiger partial charge on any atom is -0.497 e. The Hall–Kier alpha value is -5.20. The Balaban J connectivity index is 0.000000376. The summed E-state index contributed by atoms with van der Waals surface area (Å²) in [5.74, 6) is -4.13. The molecule has 13 nitrogen and oxygen atoms in total. The number of imidazole rings is 1. The van der Waals surface area contributed by atoms with Gasteiger partial charge in [0.1, 0.15) is 17.2 Å². The van der Waals surface area contributed by atoms with Crippen molar-refractivity contribution >= 4 is 23.8 Å². The van der Waals surface area contributed by atoms with Gasteiger partial charge < -0.3 is 34.5 Å². The molecule has 260 valence electrons. The van der Waals surface area contributed by atoms with Gasteiger partial charge in [0.15, 0.2) is 6.10 Å². The van der Waals surface area contributed by atoms with Gasteiger partial charge in [-0.1, -0.05) is 12.1 Å². The molecule has 1 fully saturated rings. The number of carbonyl (C=O) groups is 4. The molecule has 2 aliphatic heterocycles. The molecule has 48 heavy (non-hydrogen) atoms. The summed E-state index contributed by atoms with van der Waals surface area (Å²) in [6.07, 6.45) is -2.81. The van der Waals surface area contributed by atoms with Crippen molar-refractivity contribution in [3.63, 3.8) is 0 Å². The maximum absolute atomic E-state index is 13.0. The van der Waals surface area contributed by atoms with E-state index in [0.29, 0.717) is 44.6 Å². The number of carboxylic acids is 2. The number of amides is 2. The number of methoxy groups -OCH3 is 1. The van der Waals surface area contributed by atoms with Crippen LogP contribution in [-0.2, 0) is 37.8 Å². The number of hydrogen-bond donors (Lipinski definition) is 3. The number of alkyl halides is 6. The van der Waals surface area contributed by atoms with Crippen molar-refractivity contribution in [2.75, 3.05) is 20.2 Å². The number of pyridine rings is 1. The zero-order valence-electron chi connectivity index (χ0n) is 25.0. The zero-order chi connectivity index (χ0) is 35.7. The molecule has 1 spiro atoms. The van der Waals surface area contributed by atoms with Crippen LogP contribution in [0.5, 0.6) is 5.75 Å². The van der Waals surface area contributed by atoms with Crippen LogP contribution in [0.2, 0.25) is 0 Å². The molecule has 1 unspecified atom stereocenters. The van der Waals surface area contributed by atoms with E-state index in [0.717, 1.165) is 17.1 Å². The predicted molar refractivity (Wildman–Crippen MR) is 150 cm³/mol. The highest BCUT2D eigenvalue weighted by Gasteiger charge is 2.47. The molecule has 2 amide bonds. The molecule has 5 rings (SSSR count). The van der Waals surface area contributed by atoms with Crippen molar-refractivity contribution in [3.8, 4) is 5.75 Å². The molecule has 19 heteroatoms. The van der Waals surface area contributed by atoms with Gasteiger partial charge in [-0.05, 0) is 29.8 Å². The van der Waals surface area contributed by atoms with Gasteiger partial charge in [0.25, 0.3) is 11.8 Å². The number of hydrogen-bond acceptors (Lipinski definition) is 8. The molecule has 0 aliphatic carbocycles. The van der Waals surface area contributed by atoms with Crippen molar-refractivity contribution in [3.05, 3.63) is 78.1 Å². The Morgan fingerprint density at radius 3 is 2.06 bits per heavy atom. The number of halogens is 6. The smallest absolute Gasteiger partial charge is 0.490 e. The van der Waals surface area contributed by atoms with E-state index in [-0.39, 0.29) is 11.8 Å². The van der Waals surface area contributed by atoms with Crippen LogP contribution in [-0.4, -0.2) is 92.1 Å². The van der Waals surface area contributed by atoms with Crippen LogP contribution in [0.15, 0.2) is 61.2 Å². The highest BCUT2D eigenvalue weighted by Crippen LogP contribution is 2.40. The average molecular weight is 690 g/mol. The topological polar surface area (TPSA) is 173 Å². The van der Waals surface area contributed by atoms with Crippen molar-refractivity contribution < 1.29 is 65.2 Å². The number of carbonyl (C=O) groups excluding carboxylic acids is 2. The second-order valence-electron chi connectivity index (χ2n) is 10.2. The molecule has 1 atom stereocenters. The first-order chi connectivity index (χ1) is 22.5. The van der Waals surface area contributed by atoms with E-state index in [1.807, 2.05) is 39.9 Å². The maximum atomic E-state index is 13.0. The lowest BCUT2D eigenvalue weighted by Gasteiger charge is -2.45. The van der Waals surface area contributed by atoms with E-state index in [2.05, 4.69) is 15.3 Å². The van der Waals surface area contributed by atoms with Crippen molar-refractivity contribution in [1.82, 2.24) is 24.8 Å². The van der Waals surface area contributed by atoms with Gasteiger partial charge in [0.05, 0.1) is 19.2 Å². The molecule has 4 heterocycles. The number of nitrogens with one attached hydrogen (secondary N) is 1. The van der Waals surface area contributed by atoms with Gasteiger partial charge in [-0.3, -0.25) is 14.6 Å². The predicted octanol–water partition coefficient (Wildman–Crippen LogP) is 3.40. The molecule has 1 saturated heterocycles. The van der Waals surface area contributed by atoms with Crippen molar-refractivity contribution in [2.24, 2.45) is 0 Å². The normalized spacial score (nSPS) is 16.6. The fraction of sp³-hybridized carbons (Fsp3) is 0.379. The average Bonchev–Trinajstić information content (AvgIpc) is 3.54. The SMILES string of the molecule is COc1ccc(CNC(=O)C2Cn3ccnc3C3(CCN(C(=O)c4cccnc4)CC3)O2)cc1.O=C(O)C(F)(F)F.O=C(O)C(F)(F)F. The molecule has 3 N–H and O–H groups in total. The van der Waals surface area contributed by atoms with Gasteiger partial charge in [-0.25, -0.2) is 14.6 Å². The number of piperidine rings is 1. The molecular formula is C29H29F6N5O8. The fourth-order valence-corrected chi connectivity index (χ4v) is 4.66. The standard InChI is InChI=1S/C25H27N5O4.2C2HF3O2/c1-33-20-6-4-18(5-7-20)15-28-22(31)21-17-30-14-11-27-24(30)25(34-21)8-12-29(13-9-25)23(32)19-3-2-10-26-16-19;2*3-2(4,5)1(6)7/h2-7,10-11,14,16,21H,8-9,12-13,15,17H2,1H3,(H,28,31);2*(H,6,7). The number of ether oxygens (including phenoxy) is 2. The molecule has 0 saturated carbocycles. The first-order valence-electron chi connectivity index (χ1n) is 13.9. The van der Waals surface area contributed by atoms with E-state index in [1.54, 1.807) is 37.8 Å². The van der Waals surface area contributed by atoms with Crippen LogP contribution in [0.1, 0.15) is 34.6 Å². The fourth-order valence-electron chi connectivity index (χ4n) is 4.66. The van der Waals surface area contributed by atoms with Gasteiger partial charge in [-0.2, -0.15) is 26.3 Å². The Morgan fingerprint density at radius 2 is 1.56 bits per heavy atom. The number of aromatic nitrogens is 3. The largest absolute Gasteiger partial charge is 0.497 e. The molecular weight excluding hydrogens is 660 g/mol. The lowest BCUT2D eigenvalue weighted by molar-refractivity contribution is -0.193. The lowest BCUT2D eigenvalue weighted by Crippen LogP contribution is -2.54. The van der Waals surface area contributed by atoms with Gasteiger partial charge in [0.2, 0.25) is 0 Å². The summed E-state index contributed by atoms with van der Waals surface area (Å²) in [6, 6.07) is 11.1. The Bertz CT molecular complexity index is 1530. The number of benzene rings is 1. The van der Waals surface area contributed by atoms with E-state index >= 15 is 0 Å². The van der Waals surface area contributed by atoms with E-state index in [9.17, 15) is 35.9 Å². The van der Waals surface area contributed by atoms with Gasteiger partial charge in [0, 0.05) is 57.3 Å². The maximum Gasteiger partial charge on any atom is 0.490 e. The van der Waals surface area contributed by atoms with Crippen molar-refractivity contribution in [1.29, 1.82) is 0 Å². The summed E-state index contributed by atoms with van der Waals surface area (Å²) in [5, 5.41) is 17.2. The Kier molecular flexibility index (Phi) is 12.1. The van der Waals surface area contributed by atoms with E-state index in [1.165, 1.54) is 0 Å². The number of rotatable bonds is 5. The Labute approximate surface area is 268 Å². The van der Waals surface area contributed by atoms with Crippen LogP contribution in [0, 0.1) is 0 Å². The molecule has 1 aromatic carbocycles.